The molecule has 3 aliphatic rings. The van der Waals surface area contributed by atoms with Crippen LogP contribution >= 0.6 is 11.3 Å². The van der Waals surface area contributed by atoms with Crippen molar-refractivity contribution in [3.63, 3.8) is 0 Å². The summed E-state index contributed by atoms with van der Waals surface area (Å²) in [7, 11) is 0. The molecule has 7 nitrogen and oxygen atoms in total. The molecule has 0 unspecified atom stereocenters. The van der Waals surface area contributed by atoms with Gasteiger partial charge < -0.3 is 19.5 Å². The van der Waals surface area contributed by atoms with E-state index in [0.29, 0.717) is 17.3 Å². The summed E-state index contributed by atoms with van der Waals surface area (Å²) >= 11 is 1.70. The number of anilines is 1. The van der Waals surface area contributed by atoms with Gasteiger partial charge in [0.2, 0.25) is 5.88 Å². The fourth-order valence-corrected chi connectivity index (χ4v) is 5.85. The maximum atomic E-state index is 12.5. The van der Waals surface area contributed by atoms with Gasteiger partial charge in [-0.05, 0) is 49.8 Å². The number of fused-ring (bicyclic) bond motifs is 4. The number of hydrogen-bond donors (Lipinski definition) is 1. The summed E-state index contributed by atoms with van der Waals surface area (Å²) in [6, 6.07) is 5.49. The van der Waals surface area contributed by atoms with E-state index >= 15 is 0 Å². The highest BCUT2D eigenvalue weighted by atomic mass is 32.1. The lowest BCUT2D eigenvalue weighted by Gasteiger charge is -2.21. The molecule has 154 valence electrons. The van der Waals surface area contributed by atoms with Crippen LogP contribution in [0.1, 0.15) is 42.5 Å². The second-order valence-electron chi connectivity index (χ2n) is 8.04. The van der Waals surface area contributed by atoms with Crippen molar-refractivity contribution in [1.82, 2.24) is 9.97 Å². The van der Waals surface area contributed by atoms with Gasteiger partial charge in [-0.25, -0.2) is 9.97 Å². The minimum Gasteiger partial charge on any atom is -0.467 e. The summed E-state index contributed by atoms with van der Waals surface area (Å²) in [5.74, 6) is 1.15. The van der Waals surface area contributed by atoms with Gasteiger partial charge >= 0.3 is 0 Å². The Morgan fingerprint density at radius 3 is 2.90 bits per heavy atom. The van der Waals surface area contributed by atoms with E-state index in [0.717, 1.165) is 60.9 Å². The maximum Gasteiger partial charge on any atom is 0.262 e. The summed E-state index contributed by atoms with van der Waals surface area (Å²) in [6.45, 7) is -0.116. The fraction of sp³-hybridized carbons (Fsp3) is 0.409. The van der Waals surface area contributed by atoms with Crippen molar-refractivity contribution >= 4 is 33.1 Å². The van der Waals surface area contributed by atoms with Crippen LogP contribution in [0.25, 0.3) is 10.2 Å². The molecule has 1 spiro atoms. The van der Waals surface area contributed by atoms with Crippen LogP contribution in [-0.2, 0) is 17.6 Å². The standard InChI is InChI=1S/C22H21N3O4S/c26-18(11-27-20-19-14-4-3-5-17(14)30-21(19)24-12-23-20)25-13-6-7-15-16(10-13)29-22(28-15)8-1-2-9-22/h6-7,10,12H,1-5,8-9,11H2,(H,25,26). The molecule has 1 N–H and O–H groups in total. The average Bonchev–Trinajstić information content (AvgIpc) is 3.50. The number of nitrogens with zero attached hydrogens (tertiary/aromatic N) is 2. The van der Waals surface area contributed by atoms with Gasteiger partial charge in [0.05, 0.1) is 5.39 Å². The fourth-order valence-electron chi connectivity index (χ4n) is 4.63. The predicted octanol–water partition coefficient (Wildman–Crippen LogP) is 4.24. The van der Waals surface area contributed by atoms with Crippen LogP contribution in [0.5, 0.6) is 17.4 Å². The largest absolute Gasteiger partial charge is 0.467 e. The molecule has 1 fully saturated rings. The molecular formula is C22H21N3O4S. The van der Waals surface area contributed by atoms with Crippen molar-refractivity contribution in [2.24, 2.45) is 0 Å². The highest BCUT2D eigenvalue weighted by molar-refractivity contribution is 7.18. The lowest BCUT2D eigenvalue weighted by Crippen LogP contribution is -2.34. The lowest BCUT2D eigenvalue weighted by molar-refractivity contribution is -0.118. The summed E-state index contributed by atoms with van der Waals surface area (Å²) in [6.07, 6.45) is 8.77. The molecule has 0 saturated heterocycles. The normalized spacial score (nSPS) is 18.1. The number of ether oxygens (including phenoxy) is 3. The van der Waals surface area contributed by atoms with Gasteiger partial charge in [-0.15, -0.1) is 11.3 Å². The first-order valence-electron chi connectivity index (χ1n) is 10.4. The summed E-state index contributed by atoms with van der Waals surface area (Å²) in [4.78, 5) is 23.4. The molecule has 3 heterocycles. The molecule has 0 bridgehead atoms. The van der Waals surface area contributed by atoms with E-state index < -0.39 is 5.79 Å². The Hall–Kier alpha value is -2.87. The quantitative estimate of drug-likeness (QED) is 0.676. The third-order valence-corrected chi connectivity index (χ3v) is 7.19. The number of aromatic nitrogens is 2. The molecule has 2 aromatic heterocycles. The van der Waals surface area contributed by atoms with E-state index in [9.17, 15) is 4.79 Å². The Balaban J connectivity index is 1.14. The van der Waals surface area contributed by atoms with Crippen molar-refractivity contribution in [3.05, 3.63) is 35.0 Å². The topological polar surface area (TPSA) is 82.6 Å². The van der Waals surface area contributed by atoms with Gasteiger partial charge in [0, 0.05) is 29.5 Å². The summed E-state index contributed by atoms with van der Waals surface area (Å²) in [5, 5.41) is 3.84. The Morgan fingerprint density at radius 1 is 1.13 bits per heavy atom. The maximum absolute atomic E-state index is 12.5. The van der Waals surface area contributed by atoms with Gasteiger partial charge in [0.25, 0.3) is 11.7 Å². The van der Waals surface area contributed by atoms with Crippen LogP contribution in [0, 0.1) is 0 Å². The third kappa shape index (κ3) is 2.98. The molecule has 1 aromatic carbocycles. The first-order valence-corrected chi connectivity index (χ1v) is 11.2. The molecule has 1 saturated carbocycles. The number of carbonyl (C=O) groups excluding carboxylic acids is 1. The highest BCUT2D eigenvalue weighted by Gasteiger charge is 2.44. The first kappa shape index (κ1) is 17.9. The van der Waals surface area contributed by atoms with E-state index in [2.05, 4.69) is 15.3 Å². The molecule has 0 atom stereocenters. The van der Waals surface area contributed by atoms with Gasteiger partial charge in [-0.1, -0.05) is 0 Å². The van der Waals surface area contributed by atoms with Crippen LogP contribution in [-0.4, -0.2) is 28.3 Å². The average molecular weight is 423 g/mol. The zero-order valence-corrected chi connectivity index (χ0v) is 17.2. The van der Waals surface area contributed by atoms with E-state index in [1.807, 2.05) is 18.2 Å². The molecule has 1 amide bonds. The Kier molecular flexibility index (Phi) is 4.09. The number of rotatable bonds is 4. The zero-order chi connectivity index (χ0) is 20.1. The minimum absolute atomic E-state index is 0.116. The number of benzene rings is 1. The Labute approximate surface area is 177 Å². The van der Waals surface area contributed by atoms with Gasteiger partial charge in [0.15, 0.2) is 18.1 Å². The van der Waals surface area contributed by atoms with Crippen molar-refractivity contribution in [2.45, 2.75) is 50.7 Å². The van der Waals surface area contributed by atoms with Crippen molar-refractivity contribution in [2.75, 3.05) is 11.9 Å². The molecule has 6 rings (SSSR count). The minimum atomic E-state index is -0.507. The van der Waals surface area contributed by atoms with E-state index in [1.54, 1.807) is 11.3 Å². The van der Waals surface area contributed by atoms with Crippen LogP contribution in [0.3, 0.4) is 0 Å². The van der Waals surface area contributed by atoms with Crippen LogP contribution in [0.4, 0.5) is 5.69 Å². The molecule has 2 aliphatic carbocycles. The highest BCUT2D eigenvalue weighted by Crippen LogP contribution is 2.47. The summed E-state index contributed by atoms with van der Waals surface area (Å²) in [5.41, 5.74) is 1.94. The number of nitrogens with one attached hydrogen (secondary N) is 1. The molecular weight excluding hydrogens is 402 g/mol. The van der Waals surface area contributed by atoms with E-state index in [1.165, 1.54) is 16.8 Å². The number of carbonyl (C=O) groups is 1. The SMILES string of the molecule is O=C(COc1ncnc2sc3c(c12)CCC3)Nc1ccc2c(c1)OC1(CCCC1)O2. The van der Waals surface area contributed by atoms with Crippen molar-refractivity contribution in [3.8, 4) is 17.4 Å². The molecule has 30 heavy (non-hydrogen) atoms. The molecule has 1 aliphatic heterocycles. The number of aryl methyl sites for hydroxylation is 2. The van der Waals surface area contributed by atoms with Crippen molar-refractivity contribution in [1.29, 1.82) is 0 Å². The number of amides is 1. The first-order chi connectivity index (χ1) is 14.7. The smallest absolute Gasteiger partial charge is 0.262 e. The van der Waals surface area contributed by atoms with Crippen LogP contribution in [0.15, 0.2) is 24.5 Å². The molecule has 3 aromatic rings. The van der Waals surface area contributed by atoms with Crippen LogP contribution < -0.4 is 19.5 Å². The monoisotopic (exact) mass is 423 g/mol. The predicted molar refractivity (Wildman–Crippen MR) is 112 cm³/mol. The van der Waals surface area contributed by atoms with Crippen molar-refractivity contribution < 1.29 is 19.0 Å². The van der Waals surface area contributed by atoms with Gasteiger partial charge in [-0.3, -0.25) is 4.79 Å². The van der Waals surface area contributed by atoms with Gasteiger partial charge in [-0.2, -0.15) is 0 Å². The van der Waals surface area contributed by atoms with Gasteiger partial charge in [0.1, 0.15) is 11.2 Å². The van der Waals surface area contributed by atoms with E-state index in [-0.39, 0.29) is 12.5 Å². The molecule has 0 radical (unpaired) electrons. The lowest BCUT2D eigenvalue weighted by atomic mass is 10.2. The Morgan fingerprint density at radius 2 is 2.00 bits per heavy atom. The van der Waals surface area contributed by atoms with E-state index in [4.69, 9.17) is 14.2 Å². The Bertz CT molecular complexity index is 1150. The second kappa shape index (κ2) is 6.84. The zero-order valence-electron chi connectivity index (χ0n) is 16.4. The second-order valence-corrected chi connectivity index (χ2v) is 9.12. The van der Waals surface area contributed by atoms with Crippen LogP contribution in [0.2, 0.25) is 0 Å². The summed E-state index contributed by atoms with van der Waals surface area (Å²) < 4.78 is 17.9. The number of hydrogen-bond acceptors (Lipinski definition) is 7. The number of thiophene rings is 1. The molecule has 8 heteroatoms. The third-order valence-electron chi connectivity index (χ3n) is 5.99.